The molecule has 0 aliphatic carbocycles. The molecule has 2 aromatic heterocycles. The summed E-state index contributed by atoms with van der Waals surface area (Å²) in [5.74, 6) is 0.796. The van der Waals surface area contributed by atoms with Crippen molar-refractivity contribution in [3.05, 3.63) is 41.2 Å². The number of carbonyl (C=O) groups is 3. The molecule has 0 saturated carbocycles. The van der Waals surface area contributed by atoms with Gasteiger partial charge in [-0.2, -0.15) is 0 Å². The summed E-state index contributed by atoms with van der Waals surface area (Å²) >= 11 is 2.59. The number of aryl methyl sites for hydroxylation is 1. The van der Waals surface area contributed by atoms with Crippen molar-refractivity contribution in [3.63, 3.8) is 0 Å². The molecule has 1 aromatic carbocycles. The highest BCUT2D eigenvalue weighted by atomic mass is 32.2. The van der Waals surface area contributed by atoms with Crippen molar-refractivity contribution in [3.8, 4) is 11.4 Å². The molecule has 1 atom stereocenters. The van der Waals surface area contributed by atoms with Gasteiger partial charge in [-0.25, -0.2) is 9.78 Å². The first-order chi connectivity index (χ1) is 15.9. The Balaban J connectivity index is 1.54. The number of rotatable bonds is 8. The molecule has 1 aliphatic rings. The van der Waals surface area contributed by atoms with E-state index in [0.29, 0.717) is 28.3 Å². The van der Waals surface area contributed by atoms with Crippen LogP contribution in [0.4, 0.5) is 9.93 Å². The molecule has 0 radical (unpaired) electrons. The zero-order valence-electron chi connectivity index (χ0n) is 17.8. The van der Waals surface area contributed by atoms with Gasteiger partial charge >= 0.3 is 6.03 Å². The highest BCUT2D eigenvalue weighted by molar-refractivity contribution is 7.99. The smallest absolute Gasteiger partial charge is 0.321 e. The van der Waals surface area contributed by atoms with E-state index in [4.69, 9.17) is 4.74 Å². The van der Waals surface area contributed by atoms with E-state index in [2.05, 4.69) is 31.1 Å². The molecule has 3 heterocycles. The summed E-state index contributed by atoms with van der Waals surface area (Å²) in [6.07, 6.45) is 0.433. The molecular weight excluding hydrogens is 466 g/mol. The number of benzene rings is 1. The molecular formula is C20H21N7O4S2. The maximum Gasteiger partial charge on any atom is 0.321 e. The first-order valence-corrected chi connectivity index (χ1v) is 11.8. The second-order valence-corrected chi connectivity index (χ2v) is 8.99. The molecule has 3 aromatic rings. The zero-order chi connectivity index (χ0) is 23.4. The minimum Gasteiger partial charge on any atom is -0.497 e. The topological polar surface area (TPSA) is 140 Å². The van der Waals surface area contributed by atoms with Crippen molar-refractivity contribution in [1.82, 2.24) is 30.4 Å². The minimum absolute atomic E-state index is 0.107. The number of amides is 4. The number of anilines is 1. The van der Waals surface area contributed by atoms with Gasteiger partial charge in [0.1, 0.15) is 11.6 Å². The summed E-state index contributed by atoms with van der Waals surface area (Å²) in [7, 11) is 1.58. The predicted molar refractivity (Wildman–Crippen MR) is 123 cm³/mol. The van der Waals surface area contributed by atoms with Crippen LogP contribution in [0.15, 0.2) is 34.8 Å². The number of hydrogen-bond donors (Lipinski definition) is 3. The van der Waals surface area contributed by atoms with Gasteiger partial charge in [0.15, 0.2) is 10.3 Å². The van der Waals surface area contributed by atoms with Crippen molar-refractivity contribution in [1.29, 1.82) is 0 Å². The van der Waals surface area contributed by atoms with E-state index < -0.39 is 12.1 Å². The van der Waals surface area contributed by atoms with Crippen LogP contribution >= 0.6 is 23.1 Å². The van der Waals surface area contributed by atoms with Gasteiger partial charge in [0, 0.05) is 30.0 Å². The van der Waals surface area contributed by atoms with E-state index in [1.807, 2.05) is 29.0 Å². The lowest BCUT2D eigenvalue weighted by atomic mass is 10.1. The zero-order valence-corrected chi connectivity index (χ0v) is 19.5. The average Bonchev–Trinajstić information content (AvgIpc) is 3.37. The monoisotopic (exact) mass is 487 g/mol. The fourth-order valence-electron chi connectivity index (χ4n) is 3.23. The van der Waals surface area contributed by atoms with Crippen molar-refractivity contribution < 1.29 is 19.1 Å². The Kier molecular flexibility index (Phi) is 6.89. The fourth-order valence-corrected chi connectivity index (χ4v) is 4.71. The third kappa shape index (κ3) is 5.68. The number of imide groups is 1. The molecule has 1 aliphatic heterocycles. The van der Waals surface area contributed by atoms with Crippen LogP contribution in [0.3, 0.4) is 0 Å². The van der Waals surface area contributed by atoms with Gasteiger partial charge in [0.2, 0.25) is 11.8 Å². The molecule has 0 spiro atoms. The van der Waals surface area contributed by atoms with Crippen LogP contribution < -0.4 is 20.7 Å². The van der Waals surface area contributed by atoms with Gasteiger partial charge in [0.25, 0.3) is 0 Å². The van der Waals surface area contributed by atoms with Gasteiger partial charge in [-0.05, 0) is 31.2 Å². The Labute approximate surface area is 197 Å². The Morgan fingerprint density at radius 2 is 2.09 bits per heavy atom. The number of nitrogens with zero attached hydrogens (tertiary/aromatic N) is 4. The van der Waals surface area contributed by atoms with E-state index >= 15 is 0 Å². The van der Waals surface area contributed by atoms with Crippen LogP contribution in [0.5, 0.6) is 5.75 Å². The van der Waals surface area contributed by atoms with Gasteiger partial charge in [-0.3, -0.25) is 19.5 Å². The first kappa shape index (κ1) is 22.7. The number of thiazole rings is 1. The van der Waals surface area contributed by atoms with Crippen molar-refractivity contribution >= 4 is 46.1 Å². The van der Waals surface area contributed by atoms with Crippen LogP contribution in [0.1, 0.15) is 17.9 Å². The minimum atomic E-state index is -0.532. The SMILES string of the molecule is COc1ccc(-n2c(CC3CC(=O)NC(=O)N3)nnc2SCC(=O)Nc2nc(C)cs2)cc1. The number of carbonyl (C=O) groups excluding carboxylic acids is 3. The molecule has 11 nitrogen and oxygen atoms in total. The number of thioether (sulfide) groups is 1. The number of hydrogen-bond acceptors (Lipinski definition) is 9. The maximum atomic E-state index is 12.4. The van der Waals surface area contributed by atoms with Crippen molar-refractivity contribution in [2.75, 3.05) is 18.2 Å². The Morgan fingerprint density at radius 3 is 2.76 bits per heavy atom. The number of urea groups is 1. The normalized spacial score (nSPS) is 15.6. The third-order valence-electron chi connectivity index (χ3n) is 4.68. The number of nitrogens with one attached hydrogen (secondary N) is 3. The van der Waals surface area contributed by atoms with Crippen LogP contribution in [0.25, 0.3) is 5.69 Å². The Bertz CT molecular complexity index is 1160. The van der Waals surface area contributed by atoms with Crippen molar-refractivity contribution in [2.24, 2.45) is 0 Å². The molecule has 1 fully saturated rings. The molecule has 1 unspecified atom stereocenters. The molecule has 33 heavy (non-hydrogen) atoms. The maximum absolute atomic E-state index is 12.4. The fraction of sp³-hybridized carbons (Fsp3) is 0.300. The number of aromatic nitrogens is 4. The lowest BCUT2D eigenvalue weighted by molar-refractivity contribution is -0.121. The summed E-state index contributed by atoms with van der Waals surface area (Å²) in [5.41, 5.74) is 1.61. The Morgan fingerprint density at radius 1 is 1.30 bits per heavy atom. The van der Waals surface area contributed by atoms with E-state index in [-0.39, 0.29) is 24.0 Å². The second kappa shape index (κ2) is 10.0. The quantitative estimate of drug-likeness (QED) is 0.409. The summed E-state index contributed by atoms with van der Waals surface area (Å²) in [5, 5.41) is 19.2. The molecule has 172 valence electrons. The lowest BCUT2D eigenvalue weighted by Crippen LogP contribution is -2.53. The molecule has 4 amide bonds. The third-order valence-corrected chi connectivity index (χ3v) is 6.48. The molecule has 4 rings (SSSR count). The summed E-state index contributed by atoms with van der Waals surface area (Å²) in [4.78, 5) is 40.1. The lowest BCUT2D eigenvalue weighted by Gasteiger charge is -2.23. The average molecular weight is 488 g/mol. The summed E-state index contributed by atoms with van der Waals surface area (Å²) in [6.45, 7) is 1.86. The predicted octanol–water partition coefficient (Wildman–Crippen LogP) is 1.91. The van der Waals surface area contributed by atoms with Crippen LogP contribution in [-0.2, 0) is 16.0 Å². The highest BCUT2D eigenvalue weighted by Crippen LogP contribution is 2.25. The second-order valence-electron chi connectivity index (χ2n) is 7.19. The molecule has 0 bridgehead atoms. The van der Waals surface area contributed by atoms with Crippen LogP contribution in [0.2, 0.25) is 0 Å². The van der Waals surface area contributed by atoms with E-state index in [1.54, 1.807) is 19.2 Å². The molecule has 13 heteroatoms. The number of methoxy groups -OCH3 is 1. The number of ether oxygens (including phenoxy) is 1. The Hall–Kier alpha value is -3.45. The largest absolute Gasteiger partial charge is 0.497 e. The summed E-state index contributed by atoms with van der Waals surface area (Å²) < 4.78 is 7.04. The van der Waals surface area contributed by atoms with E-state index in [0.717, 1.165) is 11.4 Å². The van der Waals surface area contributed by atoms with Gasteiger partial charge in [-0.1, -0.05) is 11.8 Å². The van der Waals surface area contributed by atoms with Gasteiger partial charge < -0.3 is 15.4 Å². The first-order valence-electron chi connectivity index (χ1n) is 9.95. The van der Waals surface area contributed by atoms with E-state index in [1.165, 1.54) is 23.1 Å². The molecule has 1 saturated heterocycles. The van der Waals surface area contributed by atoms with Crippen LogP contribution in [0, 0.1) is 6.92 Å². The summed E-state index contributed by atoms with van der Waals surface area (Å²) in [6, 6.07) is 6.36. The van der Waals surface area contributed by atoms with E-state index in [9.17, 15) is 14.4 Å². The van der Waals surface area contributed by atoms with Crippen molar-refractivity contribution in [2.45, 2.75) is 31.0 Å². The van der Waals surface area contributed by atoms with Gasteiger partial charge in [0.05, 0.1) is 18.6 Å². The standard InChI is InChI=1S/C20H21N7O4S2/c1-11-9-32-19(21-11)24-17(29)10-33-20-26-25-15(7-12-8-16(28)23-18(30)22-12)27(20)13-3-5-14(31-2)6-4-13/h3-6,9,12H,7-8,10H2,1-2H3,(H,21,24,29)(H2,22,23,28,30). The van der Waals surface area contributed by atoms with Gasteiger partial charge in [-0.15, -0.1) is 21.5 Å². The molecule has 3 N–H and O–H groups in total. The van der Waals surface area contributed by atoms with Crippen LogP contribution in [-0.4, -0.2) is 56.5 Å². The highest BCUT2D eigenvalue weighted by Gasteiger charge is 2.27.